The van der Waals surface area contributed by atoms with Gasteiger partial charge in [-0.05, 0) is 30.3 Å². The molecule has 160 valence electrons. The zero-order valence-corrected chi connectivity index (χ0v) is 17.4. The van der Waals surface area contributed by atoms with Crippen molar-refractivity contribution in [3.63, 3.8) is 0 Å². The molecule has 0 bridgehead atoms. The maximum Gasteiger partial charge on any atom is 0.221 e. The van der Waals surface area contributed by atoms with Gasteiger partial charge in [-0.25, -0.2) is 24.3 Å². The molecule has 2 heterocycles. The van der Waals surface area contributed by atoms with Crippen LogP contribution in [0.1, 0.15) is 37.9 Å². The van der Waals surface area contributed by atoms with Crippen molar-refractivity contribution in [2.45, 2.75) is 32.7 Å². The highest BCUT2D eigenvalue weighted by Crippen LogP contribution is 2.26. The highest BCUT2D eigenvalue weighted by Gasteiger charge is 2.16. The van der Waals surface area contributed by atoms with Gasteiger partial charge in [-0.15, -0.1) is 0 Å². The summed E-state index contributed by atoms with van der Waals surface area (Å²) in [4.78, 5) is 12.7. The van der Waals surface area contributed by atoms with Gasteiger partial charge in [-0.2, -0.15) is 5.11 Å². The first-order valence-corrected chi connectivity index (χ1v) is 9.56. The van der Waals surface area contributed by atoms with Crippen molar-refractivity contribution < 1.29 is 8.78 Å². The zero-order valence-electron chi connectivity index (χ0n) is 17.4. The molecule has 0 radical (unpaired) electrons. The summed E-state index contributed by atoms with van der Waals surface area (Å²) in [7, 11) is 0. The van der Waals surface area contributed by atoms with Crippen LogP contribution in [0.25, 0.3) is 17.0 Å². The Morgan fingerprint density at radius 1 is 1.13 bits per heavy atom. The number of aromatic nitrogens is 3. The van der Waals surface area contributed by atoms with E-state index >= 15 is 0 Å². The fourth-order valence-electron chi connectivity index (χ4n) is 2.85. The average Bonchev–Trinajstić information content (AvgIpc) is 2.72. The molecule has 1 aromatic carbocycles. The summed E-state index contributed by atoms with van der Waals surface area (Å²) in [6.45, 7) is 6.65. The van der Waals surface area contributed by atoms with Gasteiger partial charge < -0.3 is 11.1 Å². The highest BCUT2D eigenvalue weighted by atomic mass is 19.2. The van der Waals surface area contributed by atoms with Gasteiger partial charge >= 0.3 is 0 Å². The van der Waals surface area contributed by atoms with Gasteiger partial charge in [0.15, 0.2) is 11.6 Å². The van der Waals surface area contributed by atoms with Crippen LogP contribution in [0, 0.1) is 17.2 Å². The Hall–Kier alpha value is -3.75. The van der Waals surface area contributed by atoms with Crippen molar-refractivity contribution in [1.29, 1.82) is 5.53 Å². The van der Waals surface area contributed by atoms with E-state index in [0.29, 0.717) is 6.54 Å². The van der Waals surface area contributed by atoms with Gasteiger partial charge in [0.05, 0.1) is 23.6 Å². The SMILES string of the molecule is CC(C)(C)c1cccc(CN/C=C(\N=N)c2cc(-c3cccc(F)c3F)nc(N)n2)n1. The summed E-state index contributed by atoms with van der Waals surface area (Å²) in [5.74, 6) is -2.18. The van der Waals surface area contributed by atoms with E-state index in [2.05, 4.69) is 46.2 Å². The first-order valence-electron chi connectivity index (χ1n) is 9.56. The fourth-order valence-corrected chi connectivity index (χ4v) is 2.85. The fraction of sp³-hybridized carbons (Fsp3) is 0.227. The summed E-state index contributed by atoms with van der Waals surface area (Å²) in [5.41, 5.74) is 15.3. The molecule has 0 unspecified atom stereocenters. The van der Waals surface area contributed by atoms with Crippen molar-refractivity contribution in [3.8, 4) is 11.3 Å². The van der Waals surface area contributed by atoms with Crippen LogP contribution in [0.3, 0.4) is 0 Å². The van der Waals surface area contributed by atoms with Crippen LogP contribution in [-0.2, 0) is 12.0 Å². The number of nitrogens with zero attached hydrogens (tertiary/aromatic N) is 4. The van der Waals surface area contributed by atoms with Gasteiger partial charge in [-0.3, -0.25) is 4.98 Å². The molecular weight excluding hydrogens is 400 g/mol. The molecule has 0 amide bonds. The van der Waals surface area contributed by atoms with Gasteiger partial charge in [0.25, 0.3) is 0 Å². The molecule has 3 aromatic rings. The maximum atomic E-state index is 14.2. The Morgan fingerprint density at radius 3 is 2.58 bits per heavy atom. The number of benzene rings is 1. The van der Waals surface area contributed by atoms with Crippen molar-refractivity contribution in [2.24, 2.45) is 5.11 Å². The van der Waals surface area contributed by atoms with Crippen LogP contribution in [0.2, 0.25) is 0 Å². The van der Waals surface area contributed by atoms with E-state index in [-0.39, 0.29) is 34.0 Å². The summed E-state index contributed by atoms with van der Waals surface area (Å²) >= 11 is 0. The normalized spacial score (nSPS) is 12.0. The molecule has 0 atom stereocenters. The van der Waals surface area contributed by atoms with Crippen molar-refractivity contribution in [1.82, 2.24) is 20.3 Å². The second-order valence-corrected chi connectivity index (χ2v) is 7.88. The molecule has 0 spiro atoms. The van der Waals surface area contributed by atoms with Crippen LogP contribution >= 0.6 is 0 Å². The van der Waals surface area contributed by atoms with Gasteiger partial charge in [0.2, 0.25) is 5.95 Å². The molecule has 9 heteroatoms. The number of halogens is 2. The van der Waals surface area contributed by atoms with Crippen molar-refractivity contribution >= 4 is 11.6 Å². The van der Waals surface area contributed by atoms with Gasteiger partial charge in [0, 0.05) is 22.9 Å². The van der Waals surface area contributed by atoms with Gasteiger partial charge in [0.1, 0.15) is 5.70 Å². The summed E-state index contributed by atoms with van der Waals surface area (Å²) in [6.07, 6.45) is 1.49. The number of nitrogens with one attached hydrogen (secondary N) is 2. The van der Waals surface area contributed by atoms with E-state index in [9.17, 15) is 8.78 Å². The predicted molar refractivity (Wildman–Crippen MR) is 115 cm³/mol. The number of nitrogens with two attached hydrogens (primary N) is 1. The first kappa shape index (κ1) is 21.9. The van der Waals surface area contributed by atoms with Crippen LogP contribution in [0.4, 0.5) is 14.7 Å². The minimum Gasteiger partial charge on any atom is -0.383 e. The molecule has 2 aromatic heterocycles. The van der Waals surface area contributed by atoms with E-state index in [1.165, 1.54) is 24.4 Å². The molecule has 0 saturated heterocycles. The second kappa shape index (κ2) is 8.95. The van der Waals surface area contributed by atoms with E-state index in [4.69, 9.17) is 11.3 Å². The number of anilines is 1. The third-order valence-electron chi connectivity index (χ3n) is 4.45. The minimum absolute atomic E-state index is 0.0594. The van der Waals surface area contributed by atoms with Crippen LogP contribution in [-0.4, -0.2) is 15.0 Å². The standard InChI is InChI=1S/C22H23F2N7/c1-22(2,3)19-9-4-6-13(28-19)11-27-12-18(31-26)17-10-16(29-21(25)30-17)14-7-5-8-15(23)20(14)24/h4-10,12,26-27H,11H2,1-3H3,(H2,25,29,30)/b18-12-,31-26?. The molecule has 7 nitrogen and oxygen atoms in total. The van der Waals surface area contributed by atoms with Gasteiger partial charge in [-0.1, -0.05) is 32.9 Å². The summed E-state index contributed by atoms with van der Waals surface area (Å²) in [6, 6.07) is 11.0. The second-order valence-electron chi connectivity index (χ2n) is 7.88. The third-order valence-corrected chi connectivity index (χ3v) is 4.45. The molecule has 0 aliphatic carbocycles. The Kier molecular flexibility index (Phi) is 6.33. The van der Waals surface area contributed by atoms with Crippen LogP contribution < -0.4 is 11.1 Å². The molecule has 3 rings (SSSR count). The van der Waals surface area contributed by atoms with Crippen molar-refractivity contribution in [2.75, 3.05) is 5.73 Å². The minimum atomic E-state index is -1.04. The zero-order chi connectivity index (χ0) is 22.6. The third kappa shape index (κ3) is 5.25. The largest absolute Gasteiger partial charge is 0.383 e. The Bertz CT molecular complexity index is 1140. The monoisotopic (exact) mass is 423 g/mol. The summed E-state index contributed by atoms with van der Waals surface area (Å²) < 4.78 is 27.8. The number of pyridine rings is 1. The molecule has 4 N–H and O–H groups in total. The van der Waals surface area contributed by atoms with E-state index in [1.54, 1.807) is 0 Å². The molecule has 0 aliphatic heterocycles. The first-order chi connectivity index (χ1) is 14.7. The van der Waals surface area contributed by atoms with Crippen molar-refractivity contribution in [3.05, 3.63) is 77.4 Å². The molecular formula is C22H23F2N7. The quantitative estimate of drug-likeness (QED) is 0.492. The highest BCUT2D eigenvalue weighted by molar-refractivity contribution is 5.68. The molecule has 0 fully saturated rings. The Labute approximate surface area is 179 Å². The number of hydrogen-bond acceptors (Lipinski definition) is 7. The smallest absolute Gasteiger partial charge is 0.221 e. The lowest BCUT2D eigenvalue weighted by molar-refractivity contribution is 0.511. The number of hydrogen-bond donors (Lipinski definition) is 3. The average molecular weight is 423 g/mol. The lowest BCUT2D eigenvalue weighted by Gasteiger charge is -2.18. The lowest BCUT2D eigenvalue weighted by atomic mass is 9.91. The lowest BCUT2D eigenvalue weighted by Crippen LogP contribution is -2.16. The number of rotatable bonds is 6. The van der Waals surface area contributed by atoms with E-state index < -0.39 is 11.6 Å². The molecule has 0 saturated carbocycles. The topological polar surface area (TPSA) is 113 Å². The maximum absolute atomic E-state index is 14.2. The van der Waals surface area contributed by atoms with Crippen LogP contribution in [0.5, 0.6) is 0 Å². The van der Waals surface area contributed by atoms with E-state index in [1.807, 2.05) is 18.2 Å². The Morgan fingerprint density at radius 2 is 1.87 bits per heavy atom. The van der Waals surface area contributed by atoms with Crippen LogP contribution in [0.15, 0.2) is 53.8 Å². The molecule has 31 heavy (non-hydrogen) atoms. The summed E-state index contributed by atoms with van der Waals surface area (Å²) in [5, 5.41) is 6.53. The van der Waals surface area contributed by atoms with E-state index in [0.717, 1.165) is 17.5 Å². The molecule has 0 aliphatic rings. The predicted octanol–water partition coefficient (Wildman–Crippen LogP) is 4.82. The number of nitrogen functional groups attached to an aromatic ring is 1. The Balaban J connectivity index is 1.86.